The van der Waals surface area contributed by atoms with Crippen molar-refractivity contribution in [3.05, 3.63) is 11.5 Å². The van der Waals surface area contributed by atoms with Crippen molar-refractivity contribution in [3.8, 4) is 0 Å². The smallest absolute Gasteiger partial charge is 0.127 e. The molecule has 0 aromatic carbocycles. The zero-order chi connectivity index (χ0) is 11.9. The van der Waals surface area contributed by atoms with Gasteiger partial charge >= 0.3 is 0 Å². The normalized spacial score (nSPS) is 18.2. The number of nitrogens with zero attached hydrogens (tertiary/aromatic N) is 2. The summed E-state index contributed by atoms with van der Waals surface area (Å²) in [4.78, 5) is 4.80. The van der Waals surface area contributed by atoms with Gasteiger partial charge < -0.3 is 10.3 Å². The lowest BCUT2D eigenvalue weighted by Gasteiger charge is -2.16. The van der Waals surface area contributed by atoms with Gasteiger partial charge in [0.2, 0.25) is 0 Å². The van der Waals surface area contributed by atoms with Crippen LogP contribution >= 0.6 is 0 Å². The lowest BCUT2D eigenvalue weighted by Crippen LogP contribution is -2.14. The van der Waals surface area contributed by atoms with E-state index in [0.717, 1.165) is 11.5 Å². The van der Waals surface area contributed by atoms with E-state index in [1.807, 2.05) is 7.05 Å². The van der Waals surface area contributed by atoms with Gasteiger partial charge in [0.15, 0.2) is 0 Å². The Labute approximate surface area is 98.1 Å². The monoisotopic (exact) mass is 221 g/mol. The van der Waals surface area contributed by atoms with Gasteiger partial charge in [0.05, 0.1) is 5.69 Å². The summed E-state index contributed by atoms with van der Waals surface area (Å²) in [5.41, 5.74) is 7.25. The minimum atomic E-state index is 0.0404. The number of rotatable bonds is 1. The predicted octanol–water partition coefficient (Wildman–Crippen LogP) is 2.96. The van der Waals surface area contributed by atoms with Crippen molar-refractivity contribution in [1.82, 2.24) is 9.55 Å². The third-order valence-corrected chi connectivity index (χ3v) is 3.60. The molecule has 0 spiro atoms. The third-order valence-electron chi connectivity index (χ3n) is 3.60. The molecule has 2 N–H and O–H groups in total. The zero-order valence-electron chi connectivity index (χ0n) is 10.9. The fourth-order valence-electron chi connectivity index (χ4n) is 2.63. The van der Waals surface area contributed by atoms with E-state index in [9.17, 15) is 0 Å². The van der Waals surface area contributed by atoms with Gasteiger partial charge in [0, 0.05) is 18.4 Å². The molecule has 1 heterocycles. The van der Waals surface area contributed by atoms with Gasteiger partial charge in [-0.3, -0.25) is 0 Å². The number of aromatic nitrogens is 2. The Balaban J connectivity index is 2.40. The van der Waals surface area contributed by atoms with Crippen LogP contribution < -0.4 is 5.73 Å². The molecule has 0 amide bonds. The lowest BCUT2D eigenvalue weighted by atomic mass is 9.92. The summed E-state index contributed by atoms with van der Waals surface area (Å²) in [7, 11) is 2.05. The first kappa shape index (κ1) is 11.5. The highest BCUT2D eigenvalue weighted by atomic mass is 15.1. The van der Waals surface area contributed by atoms with Gasteiger partial charge in [-0.15, -0.1) is 0 Å². The van der Waals surface area contributed by atoms with Crippen LogP contribution in [0.4, 0.5) is 5.82 Å². The molecule has 0 unspecified atom stereocenters. The molecule has 2 rings (SSSR count). The summed E-state index contributed by atoms with van der Waals surface area (Å²) in [5, 5.41) is 0. The van der Waals surface area contributed by atoms with Crippen LogP contribution in [-0.4, -0.2) is 9.55 Å². The van der Waals surface area contributed by atoms with E-state index in [-0.39, 0.29) is 5.41 Å². The van der Waals surface area contributed by atoms with E-state index >= 15 is 0 Å². The fraction of sp³-hybridized carbons (Fsp3) is 0.769. The maximum absolute atomic E-state index is 6.16. The molecule has 0 atom stereocenters. The molecule has 90 valence electrons. The van der Waals surface area contributed by atoms with Crippen LogP contribution in [0.2, 0.25) is 0 Å². The molecule has 0 saturated heterocycles. The Hall–Kier alpha value is -0.990. The summed E-state index contributed by atoms with van der Waals surface area (Å²) in [6.45, 7) is 6.51. The third kappa shape index (κ3) is 1.83. The predicted molar refractivity (Wildman–Crippen MR) is 67.5 cm³/mol. The minimum absolute atomic E-state index is 0.0404. The van der Waals surface area contributed by atoms with Crippen LogP contribution in [-0.2, 0) is 12.5 Å². The topological polar surface area (TPSA) is 43.8 Å². The highest BCUT2D eigenvalue weighted by Crippen LogP contribution is 2.36. The summed E-state index contributed by atoms with van der Waals surface area (Å²) in [6, 6.07) is 0. The molecule has 1 aliphatic carbocycles. The number of hydrogen-bond donors (Lipinski definition) is 1. The minimum Gasteiger partial charge on any atom is -0.384 e. The van der Waals surface area contributed by atoms with Crippen molar-refractivity contribution in [2.75, 3.05) is 5.73 Å². The average Bonchev–Trinajstić information content (AvgIpc) is 2.75. The Bertz CT molecular complexity index is 379. The summed E-state index contributed by atoms with van der Waals surface area (Å²) in [5.74, 6) is 2.66. The van der Waals surface area contributed by atoms with Crippen molar-refractivity contribution in [3.63, 3.8) is 0 Å². The van der Waals surface area contributed by atoms with E-state index in [0.29, 0.717) is 5.92 Å². The Kier molecular flexibility index (Phi) is 2.72. The second kappa shape index (κ2) is 3.79. The lowest BCUT2D eigenvalue weighted by molar-refractivity contribution is 0.568. The highest BCUT2D eigenvalue weighted by Gasteiger charge is 2.28. The summed E-state index contributed by atoms with van der Waals surface area (Å²) < 4.78 is 2.09. The van der Waals surface area contributed by atoms with Gasteiger partial charge in [-0.25, -0.2) is 4.98 Å². The van der Waals surface area contributed by atoms with Crippen LogP contribution in [0.5, 0.6) is 0 Å². The van der Waals surface area contributed by atoms with E-state index < -0.39 is 0 Å². The van der Waals surface area contributed by atoms with Crippen molar-refractivity contribution in [2.24, 2.45) is 7.05 Å². The Morgan fingerprint density at radius 2 is 1.81 bits per heavy atom. The molecule has 1 aromatic heterocycles. The first-order chi connectivity index (χ1) is 7.41. The van der Waals surface area contributed by atoms with E-state index in [2.05, 4.69) is 25.3 Å². The second-order valence-corrected chi connectivity index (χ2v) is 5.99. The maximum Gasteiger partial charge on any atom is 0.127 e. The van der Waals surface area contributed by atoms with Crippen LogP contribution in [0.1, 0.15) is 63.9 Å². The van der Waals surface area contributed by atoms with Crippen molar-refractivity contribution < 1.29 is 0 Å². The first-order valence-electron chi connectivity index (χ1n) is 6.24. The summed E-state index contributed by atoms with van der Waals surface area (Å²) >= 11 is 0. The van der Waals surface area contributed by atoms with Crippen LogP contribution in [0.25, 0.3) is 0 Å². The quantitative estimate of drug-likeness (QED) is 0.792. The zero-order valence-corrected chi connectivity index (χ0v) is 10.9. The van der Waals surface area contributed by atoms with E-state index in [1.165, 1.54) is 31.5 Å². The van der Waals surface area contributed by atoms with Crippen LogP contribution in [0.15, 0.2) is 0 Å². The number of hydrogen-bond acceptors (Lipinski definition) is 2. The Morgan fingerprint density at radius 3 is 2.25 bits per heavy atom. The Morgan fingerprint density at radius 1 is 1.25 bits per heavy atom. The van der Waals surface area contributed by atoms with Crippen LogP contribution in [0.3, 0.4) is 0 Å². The molecule has 1 aliphatic rings. The standard InChI is InChI=1S/C13H23N3/c1-13(2,3)10-11(14)16(4)12(15-10)9-7-5-6-8-9/h9H,5-8,14H2,1-4H3. The fourth-order valence-corrected chi connectivity index (χ4v) is 2.63. The molecule has 0 radical (unpaired) electrons. The molecule has 16 heavy (non-hydrogen) atoms. The average molecular weight is 221 g/mol. The van der Waals surface area contributed by atoms with E-state index in [1.54, 1.807) is 0 Å². The summed E-state index contributed by atoms with van der Waals surface area (Å²) in [6.07, 6.45) is 5.21. The molecule has 1 fully saturated rings. The number of nitrogen functional groups attached to an aromatic ring is 1. The highest BCUT2D eigenvalue weighted by molar-refractivity contribution is 5.42. The van der Waals surface area contributed by atoms with Gasteiger partial charge in [0.1, 0.15) is 11.6 Å². The largest absolute Gasteiger partial charge is 0.384 e. The van der Waals surface area contributed by atoms with Crippen molar-refractivity contribution >= 4 is 5.82 Å². The van der Waals surface area contributed by atoms with Crippen molar-refractivity contribution in [1.29, 1.82) is 0 Å². The molecule has 3 nitrogen and oxygen atoms in total. The molecular formula is C13H23N3. The number of anilines is 1. The second-order valence-electron chi connectivity index (χ2n) is 5.99. The maximum atomic E-state index is 6.16. The van der Waals surface area contributed by atoms with Crippen molar-refractivity contribution in [2.45, 2.75) is 57.8 Å². The number of imidazole rings is 1. The number of nitrogens with two attached hydrogens (primary N) is 1. The molecule has 0 aliphatic heterocycles. The molecule has 1 aromatic rings. The molecular weight excluding hydrogens is 198 g/mol. The van der Waals surface area contributed by atoms with Crippen LogP contribution in [0, 0.1) is 0 Å². The molecule has 0 bridgehead atoms. The van der Waals surface area contributed by atoms with Gasteiger partial charge in [-0.1, -0.05) is 33.6 Å². The molecule has 1 saturated carbocycles. The van der Waals surface area contributed by atoms with Gasteiger partial charge in [-0.05, 0) is 12.8 Å². The first-order valence-corrected chi connectivity index (χ1v) is 6.24. The SMILES string of the molecule is Cn1c(C2CCCC2)nc(C(C)(C)C)c1N. The van der Waals surface area contributed by atoms with Gasteiger partial charge in [0.25, 0.3) is 0 Å². The van der Waals surface area contributed by atoms with Gasteiger partial charge in [-0.2, -0.15) is 0 Å². The molecule has 3 heteroatoms. The van der Waals surface area contributed by atoms with E-state index in [4.69, 9.17) is 10.7 Å².